The molecule has 1 aromatic carbocycles. The van der Waals surface area contributed by atoms with E-state index < -0.39 is 0 Å². The minimum Gasteiger partial charge on any atom is -0.349 e. The van der Waals surface area contributed by atoms with E-state index in [9.17, 15) is 4.79 Å². The molecule has 1 atom stereocenters. The van der Waals surface area contributed by atoms with Crippen molar-refractivity contribution in [2.45, 2.75) is 39.7 Å². The first kappa shape index (κ1) is 14.0. The van der Waals surface area contributed by atoms with Gasteiger partial charge in [-0.2, -0.15) is 0 Å². The summed E-state index contributed by atoms with van der Waals surface area (Å²) in [6, 6.07) is 7.60. The number of carbonyl (C=O) groups is 1. The molecule has 0 spiro atoms. The SMILES string of the molecule is CCC(CC)C(=O)NC(C)c1cccc(Cl)c1. The Bertz CT molecular complexity index is 374. The predicted molar refractivity (Wildman–Crippen MR) is 72.1 cm³/mol. The summed E-state index contributed by atoms with van der Waals surface area (Å²) in [5.74, 6) is 0.235. The van der Waals surface area contributed by atoms with Crippen molar-refractivity contribution in [2.24, 2.45) is 5.92 Å². The molecule has 17 heavy (non-hydrogen) atoms. The molecule has 1 N–H and O–H groups in total. The Kier molecular flexibility index (Phi) is 5.49. The van der Waals surface area contributed by atoms with Gasteiger partial charge in [0.15, 0.2) is 0 Å². The van der Waals surface area contributed by atoms with Crippen LogP contribution in [0, 0.1) is 5.92 Å². The zero-order valence-corrected chi connectivity index (χ0v) is 11.4. The van der Waals surface area contributed by atoms with E-state index in [4.69, 9.17) is 11.6 Å². The molecule has 0 aliphatic carbocycles. The average molecular weight is 254 g/mol. The number of halogens is 1. The van der Waals surface area contributed by atoms with Gasteiger partial charge in [-0.05, 0) is 37.5 Å². The third kappa shape index (κ3) is 4.04. The highest BCUT2D eigenvalue weighted by Crippen LogP contribution is 2.18. The van der Waals surface area contributed by atoms with Crippen molar-refractivity contribution in [3.63, 3.8) is 0 Å². The van der Waals surface area contributed by atoms with Gasteiger partial charge in [-0.15, -0.1) is 0 Å². The topological polar surface area (TPSA) is 29.1 Å². The summed E-state index contributed by atoms with van der Waals surface area (Å²) in [7, 11) is 0. The van der Waals surface area contributed by atoms with Crippen molar-refractivity contribution in [3.8, 4) is 0 Å². The van der Waals surface area contributed by atoms with E-state index in [0.717, 1.165) is 18.4 Å². The molecule has 0 bridgehead atoms. The van der Waals surface area contributed by atoms with Crippen LogP contribution in [0.5, 0.6) is 0 Å². The molecule has 0 radical (unpaired) electrons. The lowest BCUT2D eigenvalue weighted by Crippen LogP contribution is -2.32. The van der Waals surface area contributed by atoms with Crippen LogP contribution in [-0.4, -0.2) is 5.91 Å². The minimum absolute atomic E-state index is 0.00167. The second-order valence-corrected chi connectivity index (χ2v) is 4.74. The summed E-state index contributed by atoms with van der Waals surface area (Å²) in [5.41, 5.74) is 1.04. The number of amides is 1. The maximum absolute atomic E-state index is 11.9. The van der Waals surface area contributed by atoms with Gasteiger partial charge in [0.25, 0.3) is 0 Å². The maximum Gasteiger partial charge on any atom is 0.223 e. The van der Waals surface area contributed by atoms with E-state index in [0.29, 0.717) is 5.02 Å². The van der Waals surface area contributed by atoms with Crippen LogP contribution >= 0.6 is 11.6 Å². The molecular formula is C14H20ClNO. The van der Waals surface area contributed by atoms with Crippen molar-refractivity contribution in [1.82, 2.24) is 5.32 Å². The third-order valence-corrected chi connectivity index (χ3v) is 3.30. The normalized spacial score (nSPS) is 12.5. The smallest absolute Gasteiger partial charge is 0.223 e. The van der Waals surface area contributed by atoms with Crippen LogP contribution in [-0.2, 0) is 4.79 Å². The van der Waals surface area contributed by atoms with Gasteiger partial charge in [0.2, 0.25) is 5.91 Å². The Morgan fingerprint density at radius 3 is 2.53 bits per heavy atom. The maximum atomic E-state index is 11.9. The van der Waals surface area contributed by atoms with E-state index in [1.165, 1.54) is 0 Å². The summed E-state index contributed by atoms with van der Waals surface area (Å²) >= 11 is 5.93. The van der Waals surface area contributed by atoms with E-state index in [1.807, 2.05) is 45.0 Å². The van der Waals surface area contributed by atoms with Gasteiger partial charge in [0.1, 0.15) is 0 Å². The number of nitrogens with one attached hydrogen (secondary N) is 1. The second-order valence-electron chi connectivity index (χ2n) is 4.30. The van der Waals surface area contributed by atoms with Gasteiger partial charge in [-0.1, -0.05) is 37.6 Å². The van der Waals surface area contributed by atoms with Crippen molar-refractivity contribution < 1.29 is 4.79 Å². The Hall–Kier alpha value is -1.02. The quantitative estimate of drug-likeness (QED) is 0.846. The molecule has 0 aliphatic heterocycles. The van der Waals surface area contributed by atoms with Crippen molar-refractivity contribution in [1.29, 1.82) is 0 Å². The molecule has 1 amide bonds. The zero-order valence-electron chi connectivity index (χ0n) is 10.7. The largest absolute Gasteiger partial charge is 0.349 e. The van der Waals surface area contributed by atoms with E-state index in [1.54, 1.807) is 0 Å². The Morgan fingerprint density at radius 1 is 1.35 bits per heavy atom. The first-order chi connectivity index (χ1) is 8.08. The van der Waals surface area contributed by atoms with Gasteiger partial charge >= 0.3 is 0 Å². The zero-order chi connectivity index (χ0) is 12.8. The predicted octanol–water partition coefficient (Wildman–Crippen LogP) is 3.95. The first-order valence-corrected chi connectivity index (χ1v) is 6.52. The molecule has 0 heterocycles. The summed E-state index contributed by atoms with van der Waals surface area (Å²) in [6.45, 7) is 6.06. The molecule has 1 aromatic rings. The number of hydrogen-bond acceptors (Lipinski definition) is 1. The highest BCUT2D eigenvalue weighted by molar-refractivity contribution is 6.30. The molecule has 94 valence electrons. The molecular weight excluding hydrogens is 234 g/mol. The molecule has 2 nitrogen and oxygen atoms in total. The lowest BCUT2D eigenvalue weighted by molar-refractivity contribution is -0.125. The lowest BCUT2D eigenvalue weighted by Gasteiger charge is -2.18. The molecule has 0 aromatic heterocycles. The number of rotatable bonds is 5. The van der Waals surface area contributed by atoms with Crippen molar-refractivity contribution in [2.75, 3.05) is 0 Å². The van der Waals surface area contributed by atoms with Crippen LogP contribution in [0.2, 0.25) is 5.02 Å². The van der Waals surface area contributed by atoms with Crippen molar-refractivity contribution >= 4 is 17.5 Å². The van der Waals surface area contributed by atoms with Gasteiger partial charge in [0.05, 0.1) is 6.04 Å². The van der Waals surface area contributed by atoms with Crippen LogP contribution < -0.4 is 5.32 Å². The Morgan fingerprint density at radius 2 is 2.00 bits per heavy atom. The monoisotopic (exact) mass is 253 g/mol. The molecule has 0 saturated carbocycles. The molecule has 1 unspecified atom stereocenters. The van der Waals surface area contributed by atoms with Crippen molar-refractivity contribution in [3.05, 3.63) is 34.9 Å². The molecule has 1 rings (SSSR count). The standard InChI is InChI=1S/C14H20ClNO/c1-4-11(5-2)14(17)16-10(3)12-7-6-8-13(15)9-12/h6-11H,4-5H2,1-3H3,(H,16,17). The first-order valence-electron chi connectivity index (χ1n) is 6.14. The van der Waals surface area contributed by atoms with Gasteiger partial charge in [-0.3, -0.25) is 4.79 Å². The lowest BCUT2D eigenvalue weighted by atomic mass is 10.0. The molecule has 0 saturated heterocycles. The fraction of sp³-hybridized carbons (Fsp3) is 0.500. The minimum atomic E-state index is 0.00167. The fourth-order valence-corrected chi connectivity index (χ4v) is 2.05. The van der Waals surface area contributed by atoms with E-state index in [2.05, 4.69) is 5.32 Å². The average Bonchev–Trinajstić information content (AvgIpc) is 2.30. The highest BCUT2D eigenvalue weighted by Gasteiger charge is 2.16. The van der Waals surface area contributed by atoms with Gasteiger partial charge < -0.3 is 5.32 Å². The summed E-state index contributed by atoms with van der Waals surface area (Å²) in [6.07, 6.45) is 1.76. The van der Waals surface area contributed by atoms with Crippen LogP contribution in [0.1, 0.15) is 45.2 Å². The van der Waals surface area contributed by atoms with E-state index in [-0.39, 0.29) is 17.9 Å². The second kappa shape index (κ2) is 6.65. The molecule has 3 heteroatoms. The molecule has 0 aliphatic rings. The van der Waals surface area contributed by atoms with Crippen LogP contribution in [0.25, 0.3) is 0 Å². The van der Waals surface area contributed by atoms with Gasteiger partial charge in [-0.25, -0.2) is 0 Å². The summed E-state index contributed by atoms with van der Waals surface area (Å²) < 4.78 is 0. The fourth-order valence-electron chi connectivity index (χ4n) is 1.85. The number of hydrogen-bond donors (Lipinski definition) is 1. The van der Waals surface area contributed by atoms with Crippen LogP contribution in [0.15, 0.2) is 24.3 Å². The molecule has 0 fully saturated rings. The Balaban J connectivity index is 2.66. The van der Waals surface area contributed by atoms with Gasteiger partial charge in [0, 0.05) is 10.9 Å². The third-order valence-electron chi connectivity index (χ3n) is 3.06. The summed E-state index contributed by atoms with van der Waals surface area (Å²) in [5, 5.41) is 3.73. The Labute approximate surface area is 108 Å². The van der Waals surface area contributed by atoms with Crippen LogP contribution in [0.4, 0.5) is 0 Å². The highest BCUT2D eigenvalue weighted by atomic mass is 35.5. The van der Waals surface area contributed by atoms with E-state index >= 15 is 0 Å². The number of benzene rings is 1. The number of carbonyl (C=O) groups excluding carboxylic acids is 1. The van der Waals surface area contributed by atoms with Crippen LogP contribution in [0.3, 0.4) is 0 Å². The summed E-state index contributed by atoms with van der Waals surface area (Å²) in [4.78, 5) is 11.9.